The first-order chi connectivity index (χ1) is 9.85. The van der Waals surface area contributed by atoms with Gasteiger partial charge in [0.15, 0.2) is 0 Å². The predicted octanol–water partition coefficient (Wildman–Crippen LogP) is 3.03. The fraction of sp³-hybridized carbons (Fsp3) is 0.429. The number of hydrogen-bond donors (Lipinski definition) is 3. The van der Waals surface area contributed by atoms with Crippen molar-refractivity contribution >= 4 is 29.2 Å². The lowest BCUT2D eigenvalue weighted by Crippen LogP contribution is -2.41. The molecule has 4 N–H and O–H groups in total. The molecular formula is C14H21ClN4O2. The second-order valence-electron chi connectivity index (χ2n) is 5.02. The molecule has 0 radical (unpaired) electrons. The lowest BCUT2D eigenvalue weighted by atomic mass is 10.2. The van der Waals surface area contributed by atoms with Gasteiger partial charge in [-0.15, -0.1) is 0 Å². The van der Waals surface area contributed by atoms with Crippen LogP contribution in [0.15, 0.2) is 23.4 Å². The Balaban J connectivity index is 2.74. The van der Waals surface area contributed by atoms with Gasteiger partial charge >= 0.3 is 6.03 Å². The summed E-state index contributed by atoms with van der Waals surface area (Å²) in [6, 6.07) is 5.07. The molecule has 6 nitrogen and oxygen atoms in total. The molecule has 0 atom stereocenters. The summed E-state index contributed by atoms with van der Waals surface area (Å²) in [6.45, 7) is 6.05. The number of amides is 2. The Morgan fingerprint density at radius 2 is 2.19 bits per heavy atom. The zero-order chi connectivity index (χ0) is 16.0. The van der Waals surface area contributed by atoms with E-state index in [-0.39, 0.29) is 17.9 Å². The van der Waals surface area contributed by atoms with Crippen molar-refractivity contribution in [1.82, 2.24) is 4.90 Å². The maximum atomic E-state index is 12.3. The number of nitrogens with one attached hydrogen (secondary N) is 1. The van der Waals surface area contributed by atoms with Crippen LogP contribution in [0.5, 0.6) is 0 Å². The summed E-state index contributed by atoms with van der Waals surface area (Å²) in [7, 11) is 0. The number of urea groups is 1. The first-order valence-corrected chi connectivity index (χ1v) is 7.03. The molecule has 0 spiro atoms. The third-order valence-electron chi connectivity index (χ3n) is 3.04. The van der Waals surface area contributed by atoms with Crippen LogP contribution < -0.4 is 11.1 Å². The molecule has 1 aromatic rings. The van der Waals surface area contributed by atoms with Crippen LogP contribution in [-0.2, 0) is 0 Å². The van der Waals surface area contributed by atoms with Gasteiger partial charge in [-0.2, -0.15) is 0 Å². The number of oxime groups is 1. The van der Waals surface area contributed by atoms with Crippen molar-refractivity contribution in [1.29, 1.82) is 0 Å². The Labute approximate surface area is 129 Å². The Kier molecular flexibility index (Phi) is 6.30. The molecule has 1 rings (SSSR count). The molecule has 0 fully saturated rings. The average Bonchev–Trinajstić information content (AvgIpc) is 2.42. The second kappa shape index (κ2) is 7.73. The number of halogens is 1. The highest BCUT2D eigenvalue weighted by atomic mass is 35.5. The van der Waals surface area contributed by atoms with E-state index in [4.69, 9.17) is 22.5 Å². The van der Waals surface area contributed by atoms with Gasteiger partial charge in [0, 0.05) is 29.7 Å². The Bertz CT molecular complexity index is 532. The fourth-order valence-corrected chi connectivity index (χ4v) is 1.93. The molecule has 21 heavy (non-hydrogen) atoms. The van der Waals surface area contributed by atoms with Crippen molar-refractivity contribution in [2.24, 2.45) is 10.9 Å². The molecule has 2 amide bonds. The predicted molar refractivity (Wildman–Crippen MR) is 85.1 cm³/mol. The summed E-state index contributed by atoms with van der Waals surface area (Å²) in [4.78, 5) is 13.9. The topological polar surface area (TPSA) is 91.0 Å². The van der Waals surface area contributed by atoms with Crippen LogP contribution in [0.25, 0.3) is 0 Å². The Hall–Kier alpha value is -1.95. The fourth-order valence-electron chi connectivity index (χ4n) is 1.75. The normalized spacial score (nSPS) is 11.6. The third kappa shape index (κ3) is 5.15. The van der Waals surface area contributed by atoms with E-state index in [1.807, 2.05) is 26.8 Å². The van der Waals surface area contributed by atoms with Gasteiger partial charge in [-0.1, -0.05) is 22.8 Å². The first kappa shape index (κ1) is 17.1. The molecule has 0 heterocycles. The third-order valence-corrected chi connectivity index (χ3v) is 3.45. The van der Waals surface area contributed by atoms with E-state index in [2.05, 4.69) is 10.5 Å². The second-order valence-corrected chi connectivity index (χ2v) is 5.43. The number of anilines is 1. The highest BCUT2D eigenvalue weighted by Crippen LogP contribution is 2.20. The van der Waals surface area contributed by atoms with Crippen LogP contribution in [0.3, 0.4) is 0 Å². The largest absolute Gasteiger partial charge is 0.409 e. The van der Waals surface area contributed by atoms with Crippen LogP contribution >= 0.6 is 11.6 Å². The number of nitrogens with two attached hydrogens (primary N) is 1. The average molecular weight is 313 g/mol. The van der Waals surface area contributed by atoms with E-state index >= 15 is 0 Å². The number of amidine groups is 1. The number of hydrogen-bond acceptors (Lipinski definition) is 3. The summed E-state index contributed by atoms with van der Waals surface area (Å²) >= 11 is 6.04. The Morgan fingerprint density at radius 3 is 2.71 bits per heavy atom. The zero-order valence-corrected chi connectivity index (χ0v) is 13.2. The highest BCUT2D eigenvalue weighted by Gasteiger charge is 2.17. The molecule has 116 valence electrons. The SMILES string of the molecule is Cc1ccc(NC(=O)N(CCC(N)=NO)C(C)C)cc1Cl. The minimum absolute atomic E-state index is 0.0163. The van der Waals surface area contributed by atoms with Gasteiger partial charge in [0.05, 0.1) is 0 Å². The van der Waals surface area contributed by atoms with Crippen LogP contribution in [0, 0.1) is 6.92 Å². The van der Waals surface area contributed by atoms with Crippen molar-refractivity contribution < 1.29 is 10.0 Å². The maximum Gasteiger partial charge on any atom is 0.322 e. The Morgan fingerprint density at radius 1 is 1.52 bits per heavy atom. The molecule has 0 saturated heterocycles. The molecule has 0 aliphatic carbocycles. The van der Waals surface area contributed by atoms with E-state index in [0.717, 1.165) is 5.56 Å². The van der Waals surface area contributed by atoms with E-state index < -0.39 is 0 Å². The van der Waals surface area contributed by atoms with E-state index in [1.54, 1.807) is 17.0 Å². The van der Waals surface area contributed by atoms with Gasteiger partial charge in [-0.25, -0.2) is 4.79 Å². The molecule has 0 aromatic heterocycles. The van der Waals surface area contributed by atoms with Crippen molar-refractivity contribution in [2.75, 3.05) is 11.9 Å². The highest BCUT2D eigenvalue weighted by molar-refractivity contribution is 6.31. The van der Waals surface area contributed by atoms with Gasteiger partial charge < -0.3 is 21.2 Å². The molecule has 0 aliphatic rings. The number of rotatable bonds is 5. The minimum Gasteiger partial charge on any atom is -0.409 e. The minimum atomic E-state index is -0.254. The molecular weight excluding hydrogens is 292 g/mol. The van der Waals surface area contributed by atoms with Crippen LogP contribution in [0.1, 0.15) is 25.8 Å². The van der Waals surface area contributed by atoms with Gasteiger partial charge in [0.1, 0.15) is 5.84 Å². The number of carbonyl (C=O) groups is 1. The standard InChI is InChI=1S/C14H21ClN4O2/c1-9(2)19(7-6-13(16)18-21)14(20)17-11-5-4-10(3)12(15)8-11/h4-5,8-9,21H,6-7H2,1-3H3,(H2,16,18)(H,17,20). The lowest BCUT2D eigenvalue weighted by molar-refractivity contribution is 0.198. The molecule has 1 aromatic carbocycles. The molecule has 0 saturated carbocycles. The number of nitrogens with zero attached hydrogens (tertiary/aromatic N) is 2. The first-order valence-electron chi connectivity index (χ1n) is 6.65. The van der Waals surface area contributed by atoms with Crippen molar-refractivity contribution in [3.63, 3.8) is 0 Å². The molecule has 7 heteroatoms. The number of aryl methyl sites for hydroxylation is 1. The molecule has 0 bridgehead atoms. The monoisotopic (exact) mass is 312 g/mol. The summed E-state index contributed by atoms with van der Waals surface area (Å²) in [5.74, 6) is 0.0897. The number of carbonyl (C=O) groups excluding carboxylic acids is 1. The van der Waals surface area contributed by atoms with Crippen LogP contribution in [0.4, 0.5) is 10.5 Å². The van der Waals surface area contributed by atoms with Gasteiger partial charge in [0.2, 0.25) is 0 Å². The smallest absolute Gasteiger partial charge is 0.322 e. The van der Waals surface area contributed by atoms with Gasteiger partial charge in [-0.05, 0) is 38.5 Å². The van der Waals surface area contributed by atoms with Crippen molar-refractivity contribution in [3.05, 3.63) is 28.8 Å². The van der Waals surface area contributed by atoms with Crippen LogP contribution in [-0.4, -0.2) is 34.6 Å². The molecule has 0 aliphatic heterocycles. The van der Waals surface area contributed by atoms with E-state index in [9.17, 15) is 4.79 Å². The quantitative estimate of drug-likeness (QED) is 0.338. The van der Waals surface area contributed by atoms with E-state index in [0.29, 0.717) is 23.7 Å². The zero-order valence-electron chi connectivity index (χ0n) is 12.4. The molecule has 0 unspecified atom stereocenters. The van der Waals surface area contributed by atoms with Gasteiger partial charge in [0.25, 0.3) is 0 Å². The van der Waals surface area contributed by atoms with Gasteiger partial charge in [-0.3, -0.25) is 0 Å². The maximum absolute atomic E-state index is 12.3. The summed E-state index contributed by atoms with van der Waals surface area (Å²) < 4.78 is 0. The van der Waals surface area contributed by atoms with Crippen LogP contribution in [0.2, 0.25) is 5.02 Å². The van der Waals surface area contributed by atoms with E-state index in [1.165, 1.54) is 0 Å². The summed E-state index contributed by atoms with van der Waals surface area (Å²) in [5.41, 5.74) is 7.01. The van der Waals surface area contributed by atoms with Crippen molar-refractivity contribution in [2.45, 2.75) is 33.2 Å². The number of benzene rings is 1. The summed E-state index contributed by atoms with van der Waals surface area (Å²) in [6.07, 6.45) is 0.302. The van der Waals surface area contributed by atoms with Crippen molar-refractivity contribution in [3.8, 4) is 0 Å². The summed E-state index contributed by atoms with van der Waals surface area (Å²) in [5, 5.41) is 14.8. The lowest BCUT2D eigenvalue weighted by Gasteiger charge is -2.26.